The third-order valence-corrected chi connectivity index (χ3v) is 14.6. The summed E-state index contributed by atoms with van der Waals surface area (Å²) >= 11 is 1.36. The number of halogens is 2. The fourth-order valence-corrected chi connectivity index (χ4v) is 10.2. The van der Waals surface area contributed by atoms with Crippen LogP contribution in [0.2, 0.25) is 0 Å². The van der Waals surface area contributed by atoms with Gasteiger partial charge in [-0.1, -0.05) is 298 Å². The Labute approximate surface area is 500 Å². The molecule has 0 aromatic heterocycles. The molecule has 404 valence electrons. The molecule has 0 aliphatic rings. The number of hydrogen-bond acceptors (Lipinski definition) is 0. The Bertz CT molecular complexity index is 3020. The zero-order valence-electron chi connectivity index (χ0n) is 48.9. The zero-order valence-corrected chi connectivity index (χ0v) is 54.0. The minimum absolute atomic E-state index is 0. The van der Waals surface area contributed by atoms with Crippen LogP contribution in [-0.4, -0.2) is 6.88 Å². The maximum atomic E-state index is 3.06. The molecule has 0 aliphatic carbocycles. The molecule has 0 bridgehead atoms. The first-order chi connectivity index (χ1) is 35.2. The molecule has 4 heteroatoms. The summed E-state index contributed by atoms with van der Waals surface area (Å²) in [5, 5.41) is 5.34. The van der Waals surface area contributed by atoms with Gasteiger partial charge in [-0.3, -0.25) is 0 Å². The van der Waals surface area contributed by atoms with Crippen LogP contribution in [0.25, 0.3) is 66.1 Å². The van der Waals surface area contributed by atoms with Crippen molar-refractivity contribution in [3.63, 3.8) is 0 Å². The van der Waals surface area contributed by atoms with Crippen LogP contribution < -0.4 is 0 Å². The fourth-order valence-electron chi connectivity index (χ4n) is 10.2. The number of fused-ring (bicyclic) bond motifs is 2. The van der Waals surface area contributed by atoms with Crippen molar-refractivity contribution in [1.82, 2.24) is 0 Å². The Hall–Kier alpha value is -5.34. The summed E-state index contributed by atoms with van der Waals surface area (Å²) in [5.74, 6) is 0. The summed E-state index contributed by atoms with van der Waals surface area (Å²) < 4.78 is 0. The quantitative estimate of drug-likeness (QED) is 0.105. The van der Waals surface area contributed by atoms with Gasteiger partial charge in [0.05, 0.1) is 0 Å². The Morgan fingerprint density at radius 3 is 0.795 bits per heavy atom. The van der Waals surface area contributed by atoms with E-state index < -0.39 is 0 Å². The summed E-state index contributed by atoms with van der Waals surface area (Å²) in [5.41, 5.74) is 21.8. The van der Waals surface area contributed by atoms with E-state index in [1.807, 2.05) is 0 Å². The van der Waals surface area contributed by atoms with Crippen molar-refractivity contribution in [2.75, 3.05) is 0 Å². The van der Waals surface area contributed by atoms with Gasteiger partial charge in [-0.25, -0.2) is 0 Å². The molecule has 0 unspecified atom stereocenters. The molecule has 10 rings (SSSR count). The average molecular weight is 1160 g/mol. The summed E-state index contributed by atoms with van der Waals surface area (Å²) in [6.07, 6.45) is 1.89. The Morgan fingerprint density at radius 2 is 0.551 bits per heavy atom. The Balaban J connectivity index is 0.000000311. The molecule has 10 aromatic rings. The minimum atomic E-state index is 0. The van der Waals surface area contributed by atoms with Crippen molar-refractivity contribution in [2.45, 2.75) is 118 Å². The molecule has 0 saturated carbocycles. The molecule has 0 spiro atoms. The van der Waals surface area contributed by atoms with Crippen LogP contribution in [0.5, 0.6) is 0 Å². The molecule has 0 saturated heterocycles. The van der Waals surface area contributed by atoms with Crippen molar-refractivity contribution in [1.29, 1.82) is 0 Å². The van der Waals surface area contributed by atoms with Crippen LogP contribution in [0.1, 0.15) is 128 Å². The normalized spacial score (nSPS) is 11.4. The molecular weight excluding hydrogens is 1080 g/mol. The average Bonchev–Trinajstić information content (AvgIpc) is 4.01. The van der Waals surface area contributed by atoms with E-state index in [2.05, 4.69) is 296 Å². The van der Waals surface area contributed by atoms with E-state index in [9.17, 15) is 0 Å². The monoisotopic (exact) mass is 1160 g/mol. The third kappa shape index (κ3) is 15.5. The van der Waals surface area contributed by atoms with Gasteiger partial charge in [0.25, 0.3) is 0 Å². The second-order valence-corrected chi connectivity index (χ2v) is 24.3. The van der Waals surface area contributed by atoms with E-state index in [0.29, 0.717) is 0 Å². The standard InChI is InChI=1S/2C36H37.2CH3.2ClH.Si.Zr/c2*1-35(2,3)29-16-12-27(13-17-29)31-20-21-32(28-14-18-30(19-15-28)36(4,5)6)34-24-26(23-33(31)34)22-25-10-8-7-9-11-25;;;;;;/h2*7-21,23-24H,22H2,1-6H3;2*1H3;2*1H;;/q4*-1;;;;. The molecule has 0 N–H and O–H groups in total. The fraction of sp³-hybridized carbons (Fsp3) is 0.243. The molecular formula is C74H82Cl2SiZr-4. The van der Waals surface area contributed by atoms with Crippen molar-refractivity contribution in [2.24, 2.45) is 0 Å². The van der Waals surface area contributed by atoms with E-state index in [0.717, 1.165) is 12.8 Å². The molecule has 0 amide bonds. The predicted molar refractivity (Wildman–Crippen MR) is 347 cm³/mol. The van der Waals surface area contributed by atoms with Crippen molar-refractivity contribution >= 4 is 53.2 Å². The second-order valence-electron chi connectivity index (χ2n) is 24.3. The first-order valence-corrected chi connectivity index (χ1v) is 30.6. The van der Waals surface area contributed by atoms with Gasteiger partial charge >= 0.3 is 30.2 Å². The van der Waals surface area contributed by atoms with Gasteiger partial charge in [0.1, 0.15) is 0 Å². The molecule has 0 fully saturated rings. The summed E-state index contributed by atoms with van der Waals surface area (Å²) in [7, 11) is 0. The first kappa shape index (κ1) is 65.2. The molecule has 0 aliphatic heterocycles. The summed E-state index contributed by atoms with van der Waals surface area (Å²) in [6, 6.07) is 77.0. The molecule has 10 aromatic carbocycles. The van der Waals surface area contributed by atoms with E-state index >= 15 is 0 Å². The number of hydrogen-bond donors (Lipinski definition) is 0. The SMILES string of the molecule is CC(C)(C)c1ccc(-c2ccc(-c3ccc(C(C)(C)C)cc3)c3[cH-]c(Cc4ccccc4)cc23)cc1.CC(C)(C)c1ccc(-c2ccc(-c3ccc(C(C)(C)C)cc3)c3[cH-]c(Cc4ccccc4)cc23)cc1.Cl.Cl.[CH3-].[CH3-].[Si]=[Zr]. The Kier molecular flexibility index (Phi) is 22.7. The molecule has 78 heavy (non-hydrogen) atoms. The van der Waals surface area contributed by atoms with Crippen molar-refractivity contribution in [3.8, 4) is 44.5 Å². The van der Waals surface area contributed by atoms with Gasteiger partial charge < -0.3 is 14.9 Å². The van der Waals surface area contributed by atoms with Gasteiger partial charge in [0.2, 0.25) is 0 Å². The molecule has 0 atom stereocenters. The zero-order chi connectivity index (χ0) is 53.0. The van der Waals surface area contributed by atoms with Gasteiger partial charge in [0, 0.05) is 0 Å². The van der Waals surface area contributed by atoms with Crippen molar-refractivity contribution < 1.29 is 23.3 Å². The van der Waals surface area contributed by atoms with E-state index in [1.54, 1.807) is 0 Å². The van der Waals surface area contributed by atoms with Crippen LogP contribution in [0.15, 0.2) is 206 Å². The first-order valence-electron chi connectivity index (χ1n) is 26.4. The van der Waals surface area contributed by atoms with Crippen LogP contribution in [0, 0.1) is 14.9 Å². The topological polar surface area (TPSA) is 0 Å². The van der Waals surface area contributed by atoms with Gasteiger partial charge in [-0.2, -0.15) is 12.1 Å². The van der Waals surface area contributed by atoms with Crippen LogP contribution in [-0.2, 0) is 57.8 Å². The number of benzene rings is 8. The maximum absolute atomic E-state index is 3.06. The Morgan fingerprint density at radius 1 is 0.321 bits per heavy atom. The van der Waals surface area contributed by atoms with Gasteiger partial charge in [0.15, 0.2) is 0 Å². The number of rotatable bonds is 8. The molecule has 2 radical (unpaired) electrons. The van der Waals surface area contributed by atoms with Gasteiger partial charge in [-0.15, -0.1) is 69.6 Å². The van der Waals surface area contributed by atoms with Crippen molar-refractivity contribution in [3.05, 3.63) is 266 Å². The third-order valence-electron chi connectivity index (χ3n) is 14.6. The molecule has 0 heterocycles. The van der Waals surface area contributed by atoms with Crippen LogP contribution in [0.3, 0.4) is 0 Å². The van der Waals surface area contributed by atoms with E-state index in [-0.39, 0.29) is 61.3 Å². The van der Waals surface area contributed by atoms with Crippen LogP contribution in [0.4, 0.5) is 0 Å². The van der Waals surface area contributed by atoms with Crippen LogP contribution >= 0.6 is 24.8 Å². The summed E-state index contributed by atoms with van der Waals surface area (Å²) in [6.45, 7) is 30.3. The summed E-state index contributed by atoms with van der Waals surface area (Å²) in [4.78, 5) is 0. The second kappa shape index (κ2) is 27.2. The predicted octanol–water partition coefficient (Wildman–Crippen LogP) is 21.5. The van der Waals surface area contributed by atoms with Gasteiger partial charge in [-0.05, 0) is 79.0 Å². The molecule has 0 nitrogen and oxygen atoms in total. The van der Waals surface area contributed by atoms with E-state index in [4.69, 9.17) is 0 Å². The van der Waals surface area contributed by atoms with E-state index in [1.165, 1.54) is 134 Å².